The highest BCUT2D eigenvalue weighted by molar-refractivity contribution is 7.92. The SMILES string of the molecule is O=C(C1CC1)N1CCCc2cc(NS(=O)(=O)c3ccc4c(c3)CCCC4)ccc21. The van der Waals surface area contributed by atoms with Crippen molar-refractivity contribution >= 4 is 27.3 Å². The first-order chi connectivity index (χ1) is 14.0. The van der Waals surface area contributed by atoms with Gasteiger partial charge in [-0.1, -0.05) is 6.07 Å². The number of amides is 1. The third-order valence-corrected chi connectivity index (χ3v) is 7.65. The maximum atomic E-state index is 12.9. The van der Waals surface area contributed by atoms with Crippen LogP contribution in [0.2, 0.25) is 0 Å². The predicted octanol–water partition coefficient (Wildman–Crippen LogP) is 4.06. The summed E-state index contributed by atoms with van der Waals surface area (Å²) in [4.78, 5) is 14.8. The summed E-state index contributed by atoms with van der Waals surface area (Å²) in [6.07, 6.45) is 8.02. The Hall–Kier alpha value is -2.34. The molecule has 3 aliphatic rings. The van der Waals surface area contributed by atoms with E-state index in [9.17, 15) is 13.2 Å². The van der Waals surface area contributed by atoms with Gasteiger partial charge in [-0.05, 0) is 98.4 Å². The molecule has 0 saturated heterocycles. The second-order valence-corrected chi connectivity index (χ2v) is 10.1. The molecule has 0 unspecified atom stereocenters. The molecule has 29 heavy (non-hydrogen) atoms. The van der Waals surface area contributed by atoms with Crippen LogP contribution in [-0.4, -0.2) is 20.9 Å². The van der Waals surface area contributed by atoms with Crippen LogP contribution in [0.3, 0.4) is 0 Å². The molecule has 5 rings (SSSR count). The highest BCUT2D eigenvalue weighted by Crippen LogP contribution is 2.37. The van der Waals surface area contributed by atoms with E-state index in [0.717, 1.165) is 68.3 Å². The Labute approximate surface area is 172 Å². The summed E-state index contributed by atoms with van der Waals surface area (Å²) < 4.78 is 28.6. The number of hydrogen-bond acceptors (Lipinski definition) is 3. The number of carbonyl (C=O) groups excluding carboxylic acids is 1. The molecule has 2 aromatic rings. The van der Waals surface area contributed by atoms with Crippen molar-refractivity contribution in [3.8, 4) is 0 Å². The molecule has 0 atom stereocenters. The molecule has 1 heterocycles. The molecule has 0 spiro atoms. The van der Waals surface area contributed by atoms with Gasteiger partial charge in [-0.3, -0.25) is 9.52 Å². The largest absolute Gasteiger partial charge is 0.312 e. The van der Waals surface area contributed by atoms with Crippen LogP contribution in [-0.2, 0) is 34.1 Å². The lowest BCUT2D eigenvalue weighted by Gasteiger charge is -2.30. The Morgan fingerprint density at radius 2 is 1.66 bits per heavy atom. The maximum Gasteiger partial charge on any atom is 0.261 e. The van der Waals surface area contributed by atoms with E-state index in [1.807, 2.05) is 29.2 Å². The molecule has 1 saturated carbocycles. The van der Waals surface area contributed by atoms with Gasteiger partial charge in [0, 0.05) is 23.8 Å². The molecule has 0 aromatic heterocycles. The van der Waals surface area contributed by atoms with Gasteiger partial charge < -0.3 is 4.90 Å². The number of fused-ring (bicyclic) bond motifs is 2. The molecule has 2 aromatic carbocycles. The minimum atomic E-state index is -3.64. The highest BCUT2D eigenvalue weighted by Gasteiger charge is 2.35. The number of anilines is 2. The van der Waals surface area contributed by atoms with E-state index >= 15 is 0 Å². The minimum absolute atomic E-state index is 0.183. The van der Waals surface area contributed by atoms with Crippen LogP contribution in [0, 0.1) is 5.92 Å². The molecule has 152 valence electrons. The summed E-state index contributed by atoms with van der Waals surface area (Å²) in [7, 11) is -3.64. The third-order valence-electron chi connectivity index (χ3n) is 6.27. The van der Waals surface area contributed by atoms with Crippen LogP contribution < -0.4 is 9.62 Å². The average molecular weight is 411 g/mol. The number of hydrogen-bond donors (Lipinski definition) is 1. The molecular formula is C23H26N2O3S. The van der Waals surface area contributed by atoms with Crippen LogP contribution in [0.5, 0.6) is 0 Å². The monoisotopic (exact) mass is 410 g/mol. The van der Waals surface area contributed by atoms with Gasteiger partial charge in [0.15, 0.2) is 0 Å². The van der Waals surface area contributed by atoms with Crippen LogP contribution in [0.4, 0.5) is 11.4 Å². The first-order valence-corrected chi connectivity index (χ1v) is 12.1. The molecule has 2 aliphatic carbocycles. The van der Waals surface area contributed by atoms with Gasteiger partial charge in [-0.2, -0.15) is 0 Å². The second-order valence-electron chi connectivity index (χ2n) is 8.45. The Balaban J connectivity index is 1.39. The summed E-state index contributed by atoms with van der Waals surface area (Å²) in [6.45, 7) is 0.753. The van der Waals surface area contributed by atoms with Crippen LogP contribution in [0.1, 0.15) is 48.8 Å². The highest BCUT2D eigenvalue weighted by atomic mass is 32.2. The molecule has 1 fully saturated rings. The van der Waals surface area contributed by atoms with Crippen molar-refractivity contribution in [2.75, 3.05) is 16.2 Å². The number of sulfonamides is 1. The van der Waals surface area contributed by atoms with Crippen LogP contribution >= 0.6 is 0 Å². The fourth-order valence-corrected chi connectivity index (χ4v) is 5.63. The number of nitrogens with zero attached hydrogens (tertiary/aromatic N) is 1. The van der Waals surface area contributed by atoms with Gasteiger partial charge in [0.2, 0.25) is 5.91 Å². The van der Waals surface area contributed by atoms with E-state index in [4.69, 9.17) is 0 Å². The lowest BCUT2D eigenvalue weighted by Crippen LogP contribution is -2.36. The fraction of sp³-hybridized carbons (Fsp3) is 0.435. The summed E-state index contributed by atoms with van der Waals surface area (Å²) in [6, 6.07) is 11.0. The van der Waals surface area contributed by atoms with E-state index in [0.29, 0.717) is 10.6 Å². The van der Waals surface area contributed by atoms with Gasteiger partial charge in [0.1, 0.15) is 0 Å². The van der Waals surface area contributed by atoms with E-state index in [1.165, 1.54) is 12.0 Å². The Morgan fingerprint density at radius 3 is 2.45 bits per heavy atom. The zero-order valence-corrected chi connectivity index (χ0v) is 17.3. The molecule has 6 heteroatoms. The van der Waals surface area contributed by atoms with Crippen molar-refractivity contribution in [1.29, 1.82) is 0 Å². The van der Waals surface area contributed by atoms with Gasteiger partial charge in [0.05, 0.1) is 4.90 Å². The van der Waals surface area contributed by atoms with Crippen molar-refractivity contribution < 1.29 is 13.2 Å². The van der Waals surface area contributed by atoms with Crippen molar-refractivity contribution in [2.24, 2.45) is 5.92 Å². The predicted molar refractivity (Wildman–Crippen MR) is 114 cm³/mol. The summed E-state index contributed by atoms with van der Waals surface area (Å²) >= 11 is 0. The quantitative estimate of drug-likeness (QED) is 0.827. The van der Waals surface area contributed by atoms with E-state index in [2.05, 4.69) is 4.72 Å². The van der Waals surface area contributed by atoms with Gasteiger partial charge in [0.25, 0.3) is 10.0 Å². The molecule has 0 bridgehead atoms. The number of rotatable bonds is 4. The topological polar surface area (TPSA) is 66.5 Å². The molecule has 1 amide bonds. The molecule has 1 aliphatic heterocycles. The standard InChI is InChI=1S/C23H26N2O3S/c26-23(17-7-8-17)25-13-3-6-19-14-20(10-12-22(19)25)24-29(27,28)21-11-9-16-4-1-2-5-18(16)15-21/h9-12,14-15,17,24H,1-8,13H2. The fourth-order valence-electron chi connectivity index (χ4n) is 4.53. The maximum absolute atomic E-state index is 12.9. The average Bonchev–Trinajstić information content (AvgIpc) is 3.57. The van der Waals surface area contributed by atoms with Crippen molar-refractivity contribution in [2.45, 2.75) is 56.3 Å². The Kier molecular flexibility index (Phi) is 4.62. The van der Waals surface area contributed by atoms with Crippen LogP contribution in [0.25, 0.3) is 0 Å². The Morgan fingerprint density at radius 1 is 0.897 bits per heavy atom. The normalized spacial score (nSPS) is 18.7. The van der Waals surface area contributed by atoms with Crippen molar-refractivity contribution in [1.82, 2.24) is 0 Å². The number of aryl methyl sites for hydroxylation is 3. The zero-order chi connectivity index (χ0) is 20.0. The van der Waals surface area contributed by atoms with Crippen molar-refractivity contribution in [3.63, 3.8) is 0 Å². The molecule has 1 N–H and O–H groups in total. The first kappa shape index (κ1) is 18.7. The summed E-state index contributed by atoms with van der Waals surface area (Å²) in [5.41, 5.74) is 4.95. The van der Waals surface area contributed by atoms with Gasteiger partial charge >= 0.3 is 0 Å². The summed E-state index contributed by atoms with van der Waals surface area (Å²) in [5, 5.41) is 0. The molecule has 0 radical (unpaired) electrons. The minimum Gasteiger partial charge on any atom is -0.312 e. The molecule has 5 nitrogen and oxygen atoms in total. The smallest absolute Gasteiger partial charge is 0.261 e. The first-order valence-electron chi connectivity index (χ1n) is 10.6. The number of benzene rings is 2. The van der Waals surface area contributed by atoms with Gasteiger partial charge in [-0.25, -0.2) is 8.42 Å². The number of nitrogens with one attached hydrogen (secondary N) is 1. The molecular weight excluding hydrogens is 384 g/mol. The summed E-state index contributed by atoms with van der Waals surface area (Å²) in [5.74, 6) is 0.400. The lowest BCUT2D eigenvalue weighted by atomic mass is 9.92. The van der Waals surface area contributed by atoms with E-state index in [1.54, 1.807) is 12.1 Å². The lowest BCUT2D eigenvalue weighted by molar-refractivity contribution is -0.119. The Bertz CT molecular complexity index is 1070. The second kappa shape index (κ2) is 7.17. The third kappa shape index (κ3) is 3.66. The van der Waals surface area contributed by atoms with E-state index in [-0.39, 0.29) is 11.8 Å². The number of carbonyl (C=O) groups is 1. The van der Waals surface area contributed by atoms with Crippen LogP contribution in [0.15, 0.2) is 41.3 Å². The zero-order valence-electron chi connectivity index (χ0n) is 16.5. The van der Waals surface area contributed by atoms with Crippen molar-refractivity contribution in [3.05, 3.63) is 53.1 Å². The van der Waals surface area contributed by atoms with E-state index < -0.39 is 10.0 Å². The van der Waals surface area contributed by atoms with Gasteiger partial charge in [-0.15, -0.1) is 0 Å².